The zero-order chi connectivity index (χ0) is 8.10. The second-order valence-electron chi connectivity index (χ2n) is 3.03. The number of hydrogen-bond acceptors (Lipinski definition) is 0. The molecule has 0 saturated carbocycles. The molecule has 0 aliphatic heterocycles. The van der Waals surface area contributed by atoms with Gasteiger partial charge in [-0.05, 0) is 38.0 Å². The summed E-state index contributed by atoms with van der Waals surface area (Å²) in [5, 5.41) is 0. The maximum Gasteiger partial charge on any atom is -0.0165 e. The van der Waals surface area contributed by atoms with Crippen LogP contribution < -0.4 is 0 Å². The van der Waals surface area contributed by atoms with Crippen molar-refractivity contribution in [3.8, 4) is 0 Å². The third-order valence-electron chi connectivity index (χ3n) is 2.44. The Morgan fingerprint density at radius 1 is 1.00 bits per heavy atom. The molecule has 0 fully saturated rings. The van der Waals surface area contributed by atoms with Crippen molar-refractivity contribution in [3.05, 3.63) is 31.2 Å². The molecular formula is C11H16. The summed E-state index contributed by atoms with van der Waals surface area (Å²) in [5.41, 5.74) is 0. The summed E-state index contributed by atoms with van der Waals surface area (Å²) in [7, 11) is 0. The fourth-order valence-electron chi connectivity index (χ4n) is 1.83. The van der Waals surface area contributed by atoms with Gasteiger partial charge in [0, 0.05) is 0 Å². The average molecular weight is 148 g/mol. The summed E-state index contributed by atoms with van der Waals surface area (Å²) >= 11 is 0. The summed E-state index contributed by atoms with van der Waals surface area (Å²) in [6, 6.07) is 0. The van der Waals surface area contributed by atoms with E-state index < -0.39 is 0 Å². The van der Waals surface area contributed by atoms with Crippen LogP contribution in [0.15, 0.2) is 24.3 Å². The standard InChI is InChI=1S/C9H12.C2H4/c1-2-5-9-7-3-6-8(9)4-1;1-2/h1-3,6,8-9H,4-5,7H2;1H,2H3. The second kappa shape index (κ2) is 4.38. The topological polar surface area (TPSA) is 0 Å². The molecule has 2 atom stereocenters. The van der Waals surface area contributed by atoms with Crippen LogP contribution in [-0.2, 0) is 0 Å². The lowest BCUT2D eigenvalue weighted by atomic mass is 9.86. The van der Waals surface area contributed by atoms with E-state index in [0.717, 1.165) is 11.8 Å². The van der Waals surface area contributed by atoms with Crippen molar-refractivity contribution < 1.29 is 0 Å². The van der Waals surface area contributed by atoms with E-state index in [-0.39, 0.29) is 0 Å². The zero-order valence-electron chi connectivity index (χ0n) is 7.16. The lowest BCUT2D eigenvalue weighted by Gasteiger charge is -2.19. The predicted molar refractivity (Wildman–Crippen MR) is 49.1 cm³/mol. The molecule has 2 unspecified atom stereocenters. The molecule has 0 N–H and O–H groups in total. The van der Waals surface area contributed by atoms with Gasteiger partial charge in [-0.1, -0.05) is 31.2 Å². The second-order valence-corrected chi connectivity index (χ2v) is 3.03. The van der Waals surface area contributed by atoms with Gasteiger partial charge >= 0.3 is 0 Å². The first-order valence-corrected chi connectivity index (χ1v) is 4.36. The van der Waals surface area contributed by atoms with Crippen molar-refractivity contribution in [3.63, 3.8) is 0 Å². The van der Waals surface area contributed by atoms with Gasteiger partial charge in [0.15, 0.2) is 0 Å². The molecule has 2 aliphatic carbocycles. The van der Waals surface area contributed by atoms with E-state index in [1.165, 1.54) is 26.2 Å². The van der Waals surface area contributed by atoms with Gasteiger partial charge in [-0.3, -0.25) is 0 Å². The van der Waals surface area contributed by atoms with Crippen LogP contribution in [0.1, 0.15) is 26.2 Å². The minimum atomic E-state index is 0.898. The summed E-state index contributed by atoms with van der Waals surface area (Å²) in [4.78, 5) is 0. The Labute approximate surface area is 70.0 Å². The van der Waals surface area contributed by atoms with Gasteiger partial charge in [0.1, 0.15) is 0 Å². The Balaban J connectivity index is 0.000000281. The van der Waals surface area contributed by atoms with E-state index in [2.05, 4.69) is 31.2 Å². The monoisotopic (exact) mass is 148 g/mol. The van der Waals surface area contributed by atoms with E-state index in [9.17, 15) is 0 Å². The fraction of sp³-hybridized carbons (Fsp3) is 0.545. The molecule has 0 aromatic heterocycles. The number of fused-ring (bicyclic) bond motifs is 1. The largest absolute Gasteiger partial charge is 0.0882 e. The van der Waals surface area contributed by atoms with Gasteiger partial charge in [-0.15, -0.1) is 0 Å². The van der Waals surface area contributed by atoms with Gasteiger partial charge in [-0.25, -0.2) is 0 Å². The predicted octanol–water partition coefficient (Wildman–Crippen LogP) is 3.25. The molecule has 60 valence electrons. The lowest BCUT2D eigenvalue weighted by Crippen LogP contribution is -2.09. The number of rotatable bonds is 0. The number of allylic oxidation sites excluding steroid dienone is 4. The highest BCUT2D eigenvalue weighted by Gasteiger charge is 2.22. The molecule has 2 aliphatic rings. The zero-order valence-corrected chi connectivity index (χ0v) is 7.16. The van der Waals surface area contributed by atoms with Gasteiger partial charge < -0.3 is 0 Å². The normalized spacial score (nSPS) is 32.5. The van der Waals surface area contributed by atoms with E-state index in [1.807, 2.05) is 0 Å². The average Bonchev–Trinajstić information content (AvgIpc) is 2.55. The SMILES string of the molecule is C1=CCC2CC=CC2C1.[CH]C. The molecule has 11 heavy (non-hydrogen) atoms. The van der Waals surface area contributed by atoms with Gasteiger partial charge in [0.2, 0.25) is 0 Å². The molecule has 2 radical (unpaired) electrons. The van der Waals surface area contributed by atoms with Crippen molar-refractivity contribution in [1.82, 2.24) is 0 Å². The fourth-order valence-corrected chi connectivity index (χ4v) is 1.83. The van der Waals surface area contributed by atoms with Crippen LogP contribution in [0.2, 0.25) is 0 Å². The summed E-state index contributed by atoms with van der Waals surface area (Å²) in [6.07, 6.45) is 13.3. The molecule has 0 bridgehead atoms. The molecule has 0 nitrogen and oxygen atoms in total. The Morgan fingerprint density at radius 2 is 1.64 bits per heavy atom. The van der Waals surface area contributed by atoms with Gasteiger partial charge in [-0.2, -0.15) is 0 Å². The van der Waals surface area contributed by atoms with Crippen molar-refractivity contribution in [2.24, 2.45) is 11.8 Å². The minimum absolute atomic E-state index is 0.898. The Kier molecular flexibility index (Phi) is 3.41. The maximum atomic E-state index is 4.50. The van der Waals surface area contributed by atoms with Crippen molar-refractivity contribution in [2.75, 3.05) is 0 Å². The first-order chi connectivity index (χ1) is 5.47. The van der Waals surface area contributed by atoms with Crippen molar-refractivity contribution >= 4 is 0 Å². The smallest absolute Gasteiger partial charge is 0.0165 e. The highest BCUT2D eigenvalue weighted by atomic mass is 14.3. The number of hydrogen-bond donors (Lipinski definition) is 0. The Hall–Kier alpha value is -0.520. The van der Waals surface area contributed by atoms with E-state index in [1.54, 1.807) is 0 Å². The van der Waals surface area contributed by atoms with Crippen molar-refractivity contribution in [1.29, 1.82) is 0 Å². The Morgan fingerprint density at radius 3 is 2.36 bits per heavy atom. The van der Waals surface area contributed by atoms with Crippen LogP contribution in [0, 0.1) is 18.8 Å². The highest BCUT2D eigenvalue weighted by molar-refractivity contribution is 5.08. The molecule has 0 heterocycles. The van der Waals surface area contributed by atoms with Crippen LogP contribution in [-0.4, -0.2) is 0 Å². The van der Waals surface area contributed by atoms with Gasteiger partial charge in [0.05, 0.1) is 0 Å². The summed E-state index contributed by atoms with van der Waals surface area (Å²) in [5.74, 6) is 1.87. The molecule has 0 aromatic carbocycles. The quantitative estimate of drug-likeness (QED) is 0.463. The van der Waals surface area contributed by atoms with Crippen LogP contribution in [0.3, 0.4) is 0 Å². The molecule has 0 amide bonds. The molecule has 0 heteroatoms. The summed E-state index contributed by atoms with van der Waals surface area (Å²) < 4.78 is 0. The van der Waals surface area contributed by atoms with Crippen LogP contribution in [0.5, 0.6) is 0 Å². The van der Waals surface area contributed by atoms with Gasteiger partial charge in [0.25, 0.3) is 0 Å². The molecule has 0 spiro atoms. The molecule has 0 saturated heterocycles. The van der Waals surface area contributed by atoms with Crippen molar-refractivity contribution in [2.45, 2.75) is 26.2 Å². The van der Waals surface area contributed by atoms with E-state index >= 15 is 0 Å². The van der Waals surface area contributed by atoms with Crippen LogP contribution in [0.4, 0.5) is 0 Å². The molecular weight excluding hydrogens is 132 g/mol. The van der Waals surface area contributed by atoms with E-state index in [4.69, 9.17) is 0 Å². The van der Waals surface area contributed by atoms with Crippen LogP contribution >= 0.6 is 0 Å². The third kappa shape index (κ3) is 1.95. The van der Waals surface area contributed by atoms with E-state index in [0.29, 0.717) is 0 Å². The summed E-state index contributed by atoms with van der Waals surface area (Å²) in [6.45, 7) is 6.00. The minimum Gasteiger partial charge on any atom is -0.0882 e. The first kappa shape index (κ1) is 8.58. The third-order valence-corrected chi connectivity index (χ3v) is 2.44. The maximum absolute atomic E-state index is 4.50. The molecule has 0 aromatic rings. The Bertz CT molecular complexity index is 153. The first-order valence-electron chi connectivity index (χ1n) is 4.36. The lowest BCUT2D eigenvalue weighted by molar-refractivity contribution is 0.415. The van der Waals surface area contributed by atoms with Crippen LogP contribution in [0.25, 0.3) is 0 Å². The highest BCUT2D eigenvalue weighted by Crippen LogP contribution is 2.33. The molecule has 2 rings (SSSR count).